The summed E-state index contributed by atoms with van der Waals surface area (Å²) in [5, 5.41) is 0.577. The van der Waals surface area contributed by atoms with E-state index in [2.05, 4.69) is 4.98 Å². The van der Waals surface area contributed by atoms with E-state index in [-0.39, 0.29) is 11.4 Å². The molecule has 0 amide bonds. The van der Waals surface area contributed by atoms with E-state index in [0.717, 1.165) is 0 Å². The molecule has 0 aliphatic heterocycles. The maximum Gasteiger partial charge on any atom is 0.308 e. The average molecular weight is 203 g/mol. The number of nitrogens with one attached hydrogen (secondary N) is 1. The number of aromatic nitrogens is 1. The average Bonchev–Trinajstić information content (AvgIpc) is 2.17. The molecule has 0 aliphatic carbocycles. The molecule has 76 valence electrons. The molecule has 0 bridgehead atoms. The molecule has 1 heterocycles. The summed E-state index contributed by atoms with van der Waals surface area (Å²) in [7, 11) is 0. The van der Waals surface area contributed by atoms with E-state index in [0.29, 0.717) is 16.7 Å². The minimum absolute atomic E-state index is 0.0573. The topological polar surface area (TPSA) is 59.2 Å². The van der Waals surface area contributed by atoms with Crippen LogP contribution in [0.1, 0.15) is 6.92 Å². The van der Waals surface area contributed by atoms with Gasteiger partial charge in [-0.15, -0.1) is 0 Å². The van der Waals surface area contributed by atoms with E-state index in [1.807, 2.05) is 0 Å². The number of hydrogen-bond donors (Lipinski definition) is 1. The number of hydrogen-bond acceptors (Lipinski definition) is 3. The van der Waals surface area contributed by atoms with Gasteiger partial charge in [0, 0.05) is 30.6 Å². The van der Waals surface area contributed by atoms with Crippen molar-refractivity contribution in [1.82, 2.24) is 4.98 Å². The van der Waals surface area contributed by atoms with E-state index in [9.17, 15) is 9.59 Å². The van der Waals surface area contributed by atoms with Gasteiger partial charge in [-0.05, 0) is 12.1 Å². The lowest BCUT2D eigenvalue weighted by Crippen LogP contribution is -2.03. The number of pyridine rings is 1. The van der Waals surface area contributed by atoms with Gasteiger partial charge >= 0.3 is 5.97 Å². The van der Waals surface area contributed by atoms with Crippen LogP contribution in [0.15, 0.2) is 35.3 Å². The molecule has 0 aliphatic rings. The van der Waals surface area contributed by atoms with Crippen LogP contribution in [-0.4, -0.2) is 11.0 Å². The van der Waals surface area contributed by atoms with Crippen LogP contribution in [0.25, 0.3) is 10.9 Å². The van der Waals surface area contributed by atoms with Crippen molar-refractivity contribution in [2.75, 3.05) is 0 Å². The Morgan fingerprint density at radius 3 is 2.87 bits per heavy atom. The summed E-state index contributed by atoms with van der Waals surface area (Å²) < 4.78 is 4.90. The van der Waals surface area contributed by atoms with Crippen molar-refractivity contribution in [3.63, 3.8) is 0 Å². The summed E-state index contributed by atoms with van der Waals surface area (Å²) in [6.07, 6.45) is 1.56. The highest BCUT2D eigenvalue weighted by Gasteiger charge is 2.01. The summed E-state index contributed by atoms with van der Waals surface area (Å²) in [5.74, 6) is 0.0458. The van der Waals surface area contributed by atoms with Gasteiger partial charge in [-0.1, -0.05) is 0 Å². The molecule has 0 radical (unpaired) electrons. The van der Waals surface area contributed by atoms with E-state index in [4.69, 9.17) is 4.74 Å². The highest BCUT2D eigenvalue weighted by molar-refractivity contribution is 5.80. The molecular weight excluding hydrogens is 194 g/mol. The molecule has 1 aromatic heterocycles. The van der Waals surface area contributed by atoms with Gasteiger partial charge < -0.3 is 9.72 Å². The zero-order valence-corrected chi connectivity index (χ0v) is 8.11. The van der Waals surface area contributed by atoms with Gasteiger partial charge in [0.1, 0.15) is 5.75 Å². The maximum absolute atomic E-state index is 11.4. The van der Waals surface area contributed by atoms with Crippen molar-refractivity contribution < 1.29 is 9.53 Å². The number of rotatable bonds is 1. The Balaban J connectivity index is 2.57. The predicted molar refractivity (Wildman–Crippen MR) is 55.9 cm³/mol. The van der Waals surface area contributed by atoms with Crippen molar-refractivity contribution in [3.05, 3.63) is 40.7 Å². The fourth-order valence-corrected chi connectivity index (χ4v) is 1.38. The number of H-pyrrole nitrogens is 1. The van der Waals surface area contributed by atoms with Crippen LogP contribution in [0.5, 0.6) is 5.75 Å². The Morgan fingerprint density at radius 2 is 2.13 bits per heavy atom. The van der Waals surface area contributed by atoms with Gasteiger partial charge in [0.2, 0.25) is 0 Å². The lowest BCUT2D eigenvalue weighted by Gasteiger charge is -2.02. The number of benzene rings is 1. The standard InChI is InChI=1S/C11H9NO3/c1-7(13)15-8-2-3-9-10(6-8)12-5-4-11(9)14/h2-6H,1H3,(H,12,14). The summed E-state index contributed by atoms with van der Waals surface area (Å²) in [6, 6.07) is 6.30. The van der Waals surface area contributed by atoms with E-state index in [1.165, 1.54) is 13.0 Å². The minimum Gasteiger partial charge on any atom is -0.427 e. The van der Waals surface area contributed by atoms with Crippen LogP contribution in [0.4, 0.5) is 0 Å². The highest BCUT2D eigenvalue weighted by Crippen LogP contribution is 2.16. The normalized spacial score (nSPS) is 10.2. The molecule has 2 rings (SSSR count). The molecule has 1 aromatic carbocycles. The van der Waals surface area contributed by atoms with Crippen LogP contribution in [-0.2, 0) is 4.79 Å². The Bertz CT molecular complexity index is 571. The maximum atomic E-state index is 11.4. The molecule has 4 nitrogen and oxygen atoms in total. The van der Waals surface area contributed by atoms with E-state index >= 15 is 0 Å². The lowest BCUT2D eigenvalue weighted by molar-refractivity contribution is -0.131. The van der Waals surface area contributed by atoms with Gasteiger partial charge in [-0.25, -0.2) is 0 Å². The third kappa shape index (κ3) is 1.88. The predicted octanol–water partition coefficient (Wildman–Crippen LogP) is 1.45. The van der Waals surface area contributed by atoms with Crippen molar-refractivity contribution >= 4 is 16.9 Å². The van der Waals surface area contributed by atoms with Crippen molar-refractivity contribution in [3.8, 4) is 5.75 Å². The first-order valence-corrected chi connectivity index (χ1v) is 4.47. The Hall–Kier alpha value is -2.10. The van der Waals surface area contributed by atoms with Gasteiger partial charge in [-0.3, -0.25) is 9.59 Å². The fourth-order valence-electron chi connectivity index (χ4n) is 1.38. The van der Waals surface area contributed by atoms with Crippen molar-refractivity contribution in [2.45, 2.75) is 6.92 Å². The number of ether oxygens (including phenoxy) is 1. The monoisotopic (exact) mass is 203 g/mol. The van der Waals surface area contributed by atoms with Crippen LogP contribution >= 0.6 is 0 Å². The van der Waals surface area contributed by atoms with Crippen molar-refractivity contribution in [1.29, 1.82) is 0 Å². The second-order valence-corrected chi connectivity index (χ2v) is 3.14. The zero-order valence-electron chi connectivity index (χ0n) is 8.11. The number of fused-ring (bicyclic) bond motifs is 1. The molecule has 0 fully saturated rings. The lowest BCUT2D eigenvalue weighted by atomic mass is 10.2. The van der Waals surface area contributed by atoms with Gasteiger partial charge in [0.25, 0.3) is 0 Å². The van der Waals surface area contributed by atoms with Gasteiger partial charge in [-0.2, -0.15) is 0 Å². The summed E-state index contributed by atoms with van der Waals surface area (Å²) in [6.45, 7) is 1.33. The Labute approximate surface area is 85.5 Å². The quantitative estimate of drug-likeness (QED) is 0.563. The molecule has 15 heavy (non-hydrogen) atoms. The molecule has 2 aromatic rings. The van der Waals surface area contributed by atoms with Crippen LogP contribution in [0.3, 0.4) is 0 Å². The fraction of sp³-hybridized carbons (Fsp3) is 0.0909. The molecule has 0 saturated heterocycles. The number of carbonyl (C=O) groups is 1. The minimum atomic E-state index is -0.382. The second-order valence-electron chi connectivity index (χ2n) is 3.14. The smallest absolute Gasteiger partial charge is 0.308 e. The molecule has 1 N–H and O–H groups in total. The number of esters is 1. The molecule has 0 atom stereocenters. The second kappa shape index (κ2) is 3.57. The highest BCUT2D eigenvalue weighted by atomic mass is 16.5. The van der Waals surface area contributed by atoms with Crippen LogP contribution < -0.4 is 10.2 Å². The van der Waals surface area contributed by atoms with Gasteiger partial charge in [0.05, 0.1) is 5.52 Å². The molecular formula is C11H9NO3. The Morgan fingerprint density at radius 1 is 1.33 bits per heavy atom. The first-order chi connectivity index (χ1) is 7.16. The van der Waals surface area contributed by atoms with Gasteiger partial charge in [0.15, 0.2) is 5.43 Å². The summed E-state index contributed by atoms with van der Waals surface area (Å²) >= 11 is 0. The van der Waals surface area contributed by atoms with E-state index in [1.54, 1.807) is 24.4 Å². The van der Waals surface area contributed by atoms with Crippen LogP contribution in [0, 0.1) is 0 Å². The first kappa shape index (κ1) is 9.45. The molecule has 0 saturated carbocycles. The zero-order chi connectivity index (χ0) is 10.8. The molecule has 0 spiro atoms. The summed E-state index contributed by atoms with van der Waals surface area (Å²) in [4.78, 5) is 25.0. The largest absolute Gasteiger partial charge is 0.427 e. The SMILES string of the molecule is CC(=O)Oc1ccc2c(=O)cc[nH]c2c1. The number of carbonyl (C=O) groups excluding carboxylic acids is 1. The first-order valence-electron chi connectivity index (χ1n) is 4.47. The molecule has 4 heteroatoms. The third-order valence-corrected chi connectivity index (χ3v) is 1.99. The van der Waals surface area contributed by atoms with Crippen molar-refractivity contribution in [2.24, 2.45) is 0 Å². The summed E-state index contributed by atoms with van der Waals surface area (Å²) in [5.41, 5.74) is 0.597. The third-order valence-electron chi connectivity index (χ3n) is 1.99. The Kier molecular flexibility index (Phi) is 2.25. The van der Waals surface area contributed by atoms with Crippen LogP contribution in [0.2, 0.25) is 0 Å². The number of aromatic amines is 1. The van der Waals surface area contributed by atoms with E-state index < -0.39 is 0 Å². The molecule has 0 unspecified atom stereocenters.